The minimum Gasteiger partial charge on any atom is -0.322 e. The minimum atomic E-state index is -0.551. The van der Waals surface area contributed by atoms with Crippen molar-refractivity contribution < 1.29 is 14.4 Å². The van der Waals surface area contributed by atoms with Crippen molar-refractivity contribution in [3.8, 4) is 0 Å². The van der Waals surface area contributed by atoms with Crippen LogP contribution in [0.4, 0.5) is 0 Å². The van der Waals surface area contributed by atoms with Crippen LogP contribution in [-0.4, -0.2) is 59.0 Å². The zero-order valence-corrected chi connectivity index (χ0v) is 23.1. The maximum absolute atomic E-state index is 13.0. The van der Waals surface area contributed by atoms with Crippen LogP contribution in [0, 0.1) is 5.41 Å². The highest BCUT2D eigenvalue weighted by molar-refractivity contribution is 7.99. The minimum absolute atomic E-state index is 0.0937. The molecule has 2 heterocycles. The Labute approximate surface area is 220 Å². The lowest BCUT2D eigenvalue weighted by molar-refractivity contribution is -0.136. The second-order valence-electron chi connectivity index (χ2n) is 11.7. The van der Waals surface area contributed by atoms with E-state index in [0.717, 1.165) is 22.3 Å². The molecule has 1 aliphatic carbocycles. The number of carbonyl (C=O) groups excluding carboxylic acids is 3. The number of rotatable bonds is 11. The number of amides is 3. The molecule has 0 spiro atoms. The van der Waals surface area contributed by atoms with Crippen LogP contribution in [0.25, 0.3) is 0 Å². The summed E-state index contributed by atoms with van der Waals surface area (Å²) in [7, 11) is 2.31. The third kappa shape index (κ3) is 6.71. The molecule has 198 valence electrons. The molecule has 2 fully saturated rings. The molecule has 1 aromatic rings. The van der Waals surface area contributed by atoms with Crippen LogP contribution in [0.1, 0.15) is 100 Å². The fraction of sp³-hybridized carbons (Fsp3) is 0.690. The zero-order valence-electron chi connectivity index (χ0n) is 22.3. The molecule has 1 N–H and O–H groups in total. The van der Waals surface area contributed by atoms with E-state index in [0.29, 0.717) is 23.9 Å². The van der Waals surface area contributed by atoms with Gasteiger partial charge < -0.3 is 9.80 Å². The maximum Gasteiger partial charge on any atom is 0.255 e. The zero-order chi connectivity index (χ0) is 25.7. The third-order valence-electron chi connectivity index (χ3n) is 8.38. The van der Waals surface area contributed by atoms with Gasteiger partial charge in [-0.05, 0) is 87.4 Å². The molecule has 2 aliphatic heterocycles. The van der Waals surface area contributed by atoms with Crippen LogP contribution in [-0.2, 0) is 16.1 Å². The summed E-state index contributed by atoms with van der Waals surface area (Å²) in [5.74, 6) is 0.345. The summed E-state index contributed by atoms with van der Waals surface area (Å²) in [6.45, 7) is 6.48. The van der Waals surface area contributed by atoms with Gasteiger partial charge in [-0.2, -0.15) is 0 Å². The average Bonchev–Trinajstić information content (AvgIpc) is 3.17. The number of hydrogen-bond acceptors (Lipinski definition) is 5. The highest BCUT2D eigenvalue weighted by atomic mass is 32.2. The second-order valence-corrected chi connectivity index (χ2v) is 12.8. The highest BCUT2D eigenvalue weighted by Gasteiger charge is 2.39. The van der Waals surface area contributed by atoms with E-state index in [4.69, 9.17) is 0 Å². The number of nitrogens with zero attached hydrogens (tertiary/aromatic N) is 2. The van der Waals surface area contributed by atoms with Crippen LogP contribution < -0.4 is 5.32 Å². The van der Waals surface area contributed by atoms with Crippen LogP contribution in [0.15, 0.2) is 23.1 Å². The van der Waals surface area contributed by atoms with Gasteiger partial charge in [0.15, 0.2) is 0 Å². The fourth-order valence-corrected chi connectivity index (χ4v) is 6.97. The lowest BCUT2D eigenvalue weighted by atomic mass is 9.75. The Kier molecular flexibility index (Phi) is 9.15. The summed E-state index contributed by atoms with van der Waals surface area (Å²) in [6, 6.07) is 6.12. The number of carbonyl (C=O) groups is 3. The van der Waals surface area contributed by atoms with Crippen LogP contribution in [0.3, 0.4) is 0 Å². The first-order valence-electron chi connectivity index (χ1n) is 13.8. The van der Waals surface area contributed by atoms with Gasteiger partial charge in [0.25, 0.3) is 5.91 Å². The number of benzene rings is 1. The van der Waals surface area contributed by atoms with Crippen molar-refractivity contribution in [1.82, 2.24) is 15.1 Å². The van der Waals surface area contributed by atoms with Gasteiger partial charge in [-0.1, -0.05) is 39.2 Å². The van der Waals surface area contributed by atoms with E-state index in [1.54, 1.807) is 4.90 Å². The van der Waals surface area contributed by atoms with E-state index in [1.165, 1.54) is 64.3 Å². The molecular weight excluding hydrogens is 470 g/mol. The molecule has 1 atom stereocenters. The fourth-order valence-electron chi connectivity index (χ4n) is 5.88. The number of imide groups is 1. The molecule has 1 saturated heterocycles. The van der Waals surface area contributed by atoms with Crippen molar-refractivity contribution in [1.29, 1.82) is 0 Å². The van der Waals surface area contributed by atoms with Gasteiger partial charge in [0.05, 0.1) is 0 Å². The van der Waals surface area contributed by atoms with Crippen LogP contribution in [0.2, 0.25) is 0 Å². The van der Waals surface area contributed by atoms with Crippen molar-refractivity contribution >= 4 is 29.5 Å². The first-order valence-corrected chi connectivity index (χ1v) is 14.8. The summed E-state index contributed by atoms with van der Waals surface area (Å²) in [5.41, 5.74) is 2.28. The normalized spacial score (nSPS) is 22.3. The van der Waals surface area contributed by atoms with Crippen molar-refractivity contribution in [2.24, 2.45) is 5.41 Å². The lowest BCUT2D eigenvalue weighted by Crippen LogP contribution is -2.52. The first kappa shape index (κ1) is 27.2. The van der Waals surface area contributed by atoms with Gasteiger partial charge in [0.2, 0.25) is 11.8 Å². The molecule has 3 aliphatic rings. The molecule has 1 saturated carbocycles. The smallest absolute Gasteiger partial charge is 0.255 e. The van der Waals surface area contributed by atoms with Gasteiger partial charge in [-0.15, -0.1) is 11.8 Å². The number of piperidine rings is 1. The second kappa shape index (κ2) is 12.1. The highest BCUT2D eigenvalue weighted by Crippen LogP contribution is 2.37. The van der Waals surface area contributed by atoms with E-state index in [-0.39, 0.29) is 24.1 Å². The Bertz CT molecular complexity index is 953. The SMILES string of the molecule is CN(CCCCCCCSc1cccc2c1CN(C1CCC(=O)NC1=O)C2=O)C1CCC(C)(C)CC1. The summed E-state index contributed by atoms with van der Waals surface area (Å²) in [4.78, 5) is 42.2. The molecule has 0 bridgehead atoms. The quantitative estimate of drug-likeness (QED) is 0.244. The Hall–Kier alpha value is -1.86. The lowest BCUT2D eigenvalue weighted by Gasteiger charge is -2.38. The van der Waals surface area contributed by atoms with Crippen LogP contribution in [0.5, 0.6) is 0 Å². The molecule has 3 amide bonds. The van der Waals surface area contributed by atoms with Gasteiger partial charge in [0, 0.05) is 29.5 Å². The Morgan fingerprint density at radius 2 is 1.75 bits per heavy atom. The molecule has 0 aromatic heterocycles. The number of hydrogen-bond donors (Lipinski definition) is 1. The molecule has 0 radical (unpaired) electrons. The van der Waals surface area contributed by atoms with Gasteiger partial charge in [-0.25, -0.2) is 0 Å². The number of unbranched alkanes of at least 4 members (excludes halogenated alkanes) is 4. The number of nitrogens with one attached hydrogen (secondary N) is 1. The monoisotopic (exact) mass is 513 g/mol. The Morgan fingerprint density at radius 3 is 2.50 bits per heavy atom. The summed E-state index contributed by atoms with van der Waals surface area (Å²) in [6.07, 6.45) is 12.4. The van der Waals surface area contributed by atoms with E-state index >= 15 is 0 Å². The Balaban J connectivity index is 1.14. The standard InChI is InChI=1S/C29H43N3O3S/c1-29(2)16-14-21(15-17-29)31(3)18-7-5-4-6-8-19-36-25-11-9-10-22-23(25)20-32(28(22)35)24-12-13-26(33)30-27(24)34/h9-11,21,24H,4-8,12-20H2,1-3H3,(H,30,33,34). The summed E-state index contributed by atoms with van der Waals surface area (Å²) in [5, 5.41) is 2.38. The number of fused-ring (bicyclic) bond motifs is 1. The van der Waals surface area contributed by atoms with E-state index in [2.05, 4.69) is 37.2 Å². The Morgan fingerprint density at radius 1 is 1.03 bits per heavy atom. The first-order chi connectivity index (χ1) is 17.2. The molecule has 6 nitrogen and oxygen atoms in total. The molecule has 1 unspecified atom stereocenters. The third-order valence-corrected chi connectivity index (χ3v) is 9.57. The van der Waals surface area contributed by atoms with Gasteiger partial charge in [0.1, 0.15) is 6.04 Å². The van der Waals surface area contributed by atoms with E-state index in [9.17, 15) is 14.4 Å². The van der Waals surface area contributed by atoms with Gasteiger partial charge >= 0.3 is 0 Å². The van der Waals surface area contributed by atoms with Crippen molar-refractivity contribution in [3.05, 3.63) is 29.3 Å². The molecule has 4 rings (SSSR count). The molecule has 1 aromatic carbocycles. The largest absolute Gasteiger partial charge is 0.322 e. The number of thioether (sulfide) groups is 1. The summed E-state index contributed by atoms with van der Waals surface area (Å²) >= 11 is 1.82. The maximum atomic E-state index is 13.0. The molecule has 36 heavy (non-hydrogen) atoms. The average molecular weight is 514 g/mol. The van der Waals surface area contributed by atoms with Crippen molar-refractivity contribution in [3.63, 3.8) is 0 Å². The predicted octanol–water partition coefficient (Wildman–Crippen LogP) is 5.39. The van der Waals surface area contributed by atoms with Crippen molar-refractivity contribution in [2.75, 3.05) is 19.3 Å². The van der Waals surface area contributed by atoms with E-state index in [1.807, 2.05) is 23.9 Å². The predicted molar refractivity (Wildman–Crippen MR) is 145 cm³/mol. The van der Waals surface area contributed by atoms with Gasteiger partial charge in [-0.3, -0.25) is 19.7 Å². The topological polar surface area (TPSA) is 69.7 Å². The molecular formula is C29H43N3O3S. The summed E-state index contributed by atoms with van der Waals surface area (Å²) < 4.78 is 0. The van der Waals surface area contributed by atoms with Crippen LogP contribution >= 0.6 is 11.8 Å². The van der Waals surface area contributed by atoms with Crippen molar-refractivity contribution in [2.45, 2.75) is 108 Å². The molecule has 7 heteroatoms. The van der Waals surface area contributed by atoms with E-state index < -0.39 is 6.04 Å².